The van der Waals surface area contributed by atoms with Crippen molar-refractivity contribution in [3.63, 3.8) is 0 Å². The first-order chi connectivity index (χ1) is 7.34. The number of nitrogens with one attached hydrogen (secondary N) is 1. The number of aromatic nitrogens is 2. The lowest BCUT2D eigenvalue weighted by atomic mass is 10.2. The van der Waals surface area contributed by atoms with Crippen molar-refractivity contribution in [2.45, 2.75) is 18.9 Å². The molecule has 3 rings (SSSR count). The van der Waals surface area contributed by atoms with Crippen molar-refractivity contribution in [1.29, 1.82) is 0 Å². The maximum Gasteiger partial charge on any atom is 0.151 e. The zero-order chi connectivity index (χ0) is 10.3. The Labute approximate surface area is 86.3 Å². The van der Waals surface area contributed by atoms with E-state index in [4.69, 9.17) is 4.74 Å². The molecule has 4 heteroatoms. The molecule has 1 N–H and O–H groups in total. The molecule has 1 unspecified atom stereocenters. The van der Waals surface area contributed by atoms with E-state index < -0.39 is 0 Å². The van der Waals surface area contributed by atoms with E-state index in [0.717, 1.165) is 30.8 Å². The van der Waals surface area contributed by atoms with Crippen LogP contribution in [0.5, 0.6) is 0 Å². The monoisotopic (exact) mass is 206 g/mol. The maximum absolute atomic E-state index is 13.4. The third kappa shape index (κ3) is 1.41. The van der Waals surface area contributed by atoms with Crippen LogP contribution in [-0.4, -0.2) is 16.6 Å². The van der Waals surface area contributed by atoms with Crippen LogP contribution < -0.4 is 0 Å². The van der Waals surface area contributed by atoms with Crippen molar-refractivity contribution in [2.24, 2.45) is 0 Å². The lowest BCUT2D eigenvalue weighted by Gasteiger charge is -2.03. The van der Waals surface area contributed by atoms with Crippen LogP contribution in [0.4, 0.5) is 4.39 Å². The maximum atomic E-state index is 13.4. The van der Waals surface area contributed by atoms with Crippen LogP contribution in [0, 0.1) is 5.82 Å². The number of nitrogens with zero attached hydrogens (tertiary/aromatic N) is 1. The minimum atomic E-state index is -0.284. The topological polar surface area (TPSA) is 37.9 Å². The van der Waals surface area contributed by atoms with Gasteiger partial charge in [0.15, 0.2) is 5.82 Å². The average Bonchev–Trinajstić information content (AvgIpc) is 2.86. The first-order valence-electron chi connectivity index (χ1n) is 5.10. The van der Waals surface area contributed by atoms with Crippen LogP contribution in [0.3, 0.4) is 0 Å². The van der Waals surface area contributed by atoms with Crippen molar-refractivity contribution in [2.75, 3.05) is 6.61 Å². The summed E-state index contributed by atoms with van der Waals surface area (Å²) >= 11 is 0. The van der Waals surface area contributed by atoms with Crippen LogP contribution in [0.25, 0.3) is 11.0 Å². The van der Waals surface area contributed by atoms with Gasteiger partial charge in [-0.25, -0.2) is 9.37 Å². The van der Waals surface area contributed by atoms with Crippen LogP contribution in [0.2, 0.25) is 0 Å². The molecule has 1 atom stereocenters. The molecule has 0 amide bonds. The number of fused-ring (bicyclic) bond motifs is 1. The second-order valence-corrected chi connectivity index (χ2v) is 3.76. The first-order valence-corrected chi connectivity index (χ1v) is 5.10. The van der Waals surface area contributed by atoms with Gasteiger partial charge in [0.05, 0.1) is 5.52 Å². The van der Waals surface area contributed by atoms with Gasteiger partial charge in [0.25, 0.3) is 0 Å². The predicted octanol–water partition coefficient (Wildman–Crippen LogP) is 2.55. The van der Waals surface area contributed by atoms with Crippen LogP contribution in [-0.2, 0) is 4.74 Å². The summed E-state index contributed by atoms with van der Waals surface area (Å²) in [6.07, 6.45) is 2.02. The van der Waals surface area contributed by atoms with Gasteiger partial charge in [0, 0.05) is 6.61 Å². The number of imidazole rings is 1. The Morgan fingerprint density at radius 3 is 3.13 bits per heavy atom. The van der Waals surface area contributed by atoms with Gasteiger partial charge in [0.1, 0.15) is 17.4 Å². The molecule has 0 bridgehead atoms. The largest absolute Gasteiger partial charge is 0.370 e. The summed E-state index contributed by atoms with van der Waals surface area (Å²) in [5.74, 6) is 0.459. The molecule has 1 aliphatic rings. The zero-order valence-electron chi connectivity index (χ0n) is 8.16. The third-order valence-corrected chi connectivity index (χ3v) is 2.72. The third-order valence-electron chi connectivity index (χ3n) is 2.72. The molecule has 2 heterocycles. The molecule has 1 aliphatic heterocycles. The second kappa shape index (κ2) is 3.31. The van der Waals surface area contributed by atoms with Crippen LogP contribution in [0.15, 0.2) is 18.2 Å². The molecule has 0 radical (unpaired) electrons. The van der Waals surface area contributed by atoms with Crippen LogP contribution in [0.1, 0.15) is 24.8 Å². The minimum Gasteiger partial charge on any atom is -0.370 e. The van der Waals surface area contributed by atoms with Crippen molar-refractivity contribution in [3.8, 4) is 0 Å². The Bertz CT molecular complexity index is 488. The fourth-order valence-electron chi connectivity index (χ4n) is 1.96. The molecule has 1 saturated heterocycles. The number of halogens is 1. The van der Waals surface area contributed by atoms with Crippen molar-refractivity contribution in [1.82, 2.24) is 9.97 Å². The molecule has 0 spiro atoms. The Morgan fingerprint density at radius 2 is 2.40 bits per heavy atom. The molecular formula is C11H11FN2O. The number of hydrogen-bond donors (Lipinski definition) is 1. The number of benzene rings is 1. The second-order valence-electron chi connectivity index (χ2n) is 3.76. The van der Waals surface area contributed by atoms with Gasteiger partial charge in [-0.05, 0) is 25.0 Å². The summed E-state index contributed by atoms with van der Waals surface area (Å²) in [5.41, 5.74) is 1.14. The van der Waals surface area contributed by atoms with Crippen LogP contribution >= 0.6 is 0 Å². The fourth-order valence-corrected chi connectivity index (χ4v) is 1.96. The van der Waals surface area contributed by atoms with Gasteiger partial charge in [-0.2, -0.15) is 0 Å². The molecule has 2 aromatic rings. The van der Waals surface area contributed by atoms with Gasteiger partial charge in [-0.3, -0.25) is 0 Å². The molecule has 3 nitrogen and oxygen atoms in total. The SMILES string of the molecule is Fc1cccc2[nH]c(C3CCCO3)nc12. The average molecular weight is 206 g/mol. The van der Waals surface area contributed by atoms with E-state index in [9.17, 15) is 4.39 Å². The Kier molecular flexibility index (Phi) is 1.95. The zero-order valence-corrected chi connectivity index (χ0v) is 8.16. The van der Waals surface area contributed by atoms with Gasteiger partial charge in [-0.15, -0.1) is 0 Å². The smallest absolute Gasteiger partial charge is 0.151 e. The first kappa shape index (κ1) is 8.85. The minimum absolute atomic E-state index is 0.0109. The van der Waals surface area contributed by atoms with Crippen molar-refractivity contribution >= 4 is 11.0 Å². The number of H-pyrrole nitrogens is 1. The van der Waals surface area contributed by atoms with E-state index in [1.165, 1.54) is 6.07 Å². The number of ether oxygens (including phenoxy) is 1. The Hall–Kier alpha value is -1.42. The number of aromatic amines is 1. The highest BCUT2D eigenvalue weighted by atomic mass is 19.1. The molecule has 1 aromatic heterocycles. The molecule has 1 fully saturated rings. The highest BCUT2D eigenvalue weighted by molar-refractivity contribution is 5.75. The Balaban J connectivity index is 2.09. The predicted molar refractivity (Wildman–Crippen MR) is 54.0 cm³/mol. The molecular weight excluding hydrogens is 195 g/mol. The van der Waals surface area contributed by atoms with E-state index in [0.29, 0.717) is 5.52 Å². The van der Waals surface area contributed by atoms with E-state index in [1.807, 2.05) is 6.07 Å². The lowest BCUT2D eigenvalue weighted by molar-refractivity contribution is 0.106. The molecule has 0 saturated carbocycles. The van der Waals surface area contributed by atoms with Crippen molar-refractivity contribution < 1.29 is 9.13 Å². The molecule has 78 valence electrons. The quantitative estimate of drug-likeness (QED) is 0.778. The summed E-state index contributed by atoms with van der Waals surface area (Å²) in [6.45, 7) is 0.768. The van der Waals surface area contributed by atoms with E-state index in [-0.39, 0.29) is 11.9 Å². The van der Waals surface area contributed by atoms with Crippen molar-refractivity contribution in [3.05, 3.63) is 29.8 Å². The standard InChI is InChI=1S/C11H11FN2O/c12-7-3-1-4-8-10(7)14-11(13-8)9-5-2-6-15-9/h1,3-4,9H,2,5-6H2,(H,13,14). The molecule has 15 heavy (non-hydrogen) atoms. The summed E-state index contributed by atoms with van der Waals surface area (Å²) in [6, 6.07) is 4.92. The van der Waals surface area contributed by atoms with E-state index in [2.05, 4.69) is 9.97 Å². The highest BCUT2D eigenvalue weighted by Gasteiger charge is 2.21. The van der Waals surface area contributed by atoms with E-state index >= 15 is 0 Å². The number of hydrogen-bond acceptors (Lipinski definition) is 2. The summed E-state index contributed by atoms with van der Waals surface area (Å²) in [4.78, 5) is 7.34. The molecule has 1 aromatic carbocycles. The highest BCUT2D eigenvalue weighted by Crippen LogP contribution is 2.28. The summed E-state index contributed by atoms with van der Waals surface area (Å²) < 4.78 is 18.9. The van der Waals surface area contributed by atoms with Gasteiger partial charge >= 0.3 is 0 Å². The van der Waals surface area contributed by atoms with Gasteiger partial charge < -0.3 is 9.72 Å². The van der Waals surface area contributed by atoms with Gasteiger partial charge in [-0.1, -0.05) is 6.07 Å². The molecule has 0 aliphatic carbocycles. The van der Waals surface area contributed by atoms with Gasteiger partial charge in [0.2, 0.25) is 0 Å². The summed E-state index contributed by atoms with van der Waals surface area (Å²) in [7, 11) is 0. The number of para-hydroxylation sites is 1. The summed E-state index contributed by atoms with van der Waals surface area (Å²) in [5, 5.41) is 0. The lowest BCUT2D eigenvalue weighted by Crippen LogP contribution is -1.97. The fraction of sp³-hybridized carbons (Fsp3) is 0.364. The van der Waals surface area contributed by atoms with E-state index in [1.54, 1.807) is 6.07 Å². The normalized spacial score (nSPS) is 21.3. The number of rotatable bonds is 1. The Morgan fingerprint density at radius 1 is 1.47 bits per heavy atom.